The van der Waals surface area contributed by atoms with Crippen molar-refractivity contribution in [3.8, 4) is 5.75 Å². The number of hydrogen-bond donors (Lipinski definition) is 2. The van der Waals surface area contributed by atoms with Gasteiger partial charge in [-0.05, 0) is 26.0 Å². The highest BCUT2D eigenvalue weighted by atomic mass is 16.5. The monoisotopic (exact) mass is 331 g/mol. The van der Waals surface area contributed by atoms with E-state index >= 15 is 0 Å². The number of carbonyl (C=O) groups is 2. The summed E-state index contributed by atoms with van der Waals surface area (Å²) in [4.78, 5) is 25.7. The highest BCUT2D eigenvalue weighted by molar-refractivity contribution is 5.88. The Morgan fingerprint density at radius 3 is 3.04 bits per heavy atom. The molecule has 3 amide bonds. The van der Waals surface area contributed by atoms with Crippen molar-refractivity contribution in [3.05, 3.63) is 30.0 Å². The van der Waals surface area contributed by atoms with Crippen LogP contribution in [0.5, 0.6) is 5.75 Å². The Balaban J connectivity index is 1.76. The molecule has 1 aliphatic rings. The lowest BCUT2D eigenvalue weighted by molar-refractivity contribution is -0.126. The SMILES string of the molecule is COc1cccc2cc([C@H](C)NC(=O)N3CCNC(=O)[C@H]3C)oc12. The Morgan fingerprint density at radius 2 is 2.29 bits per heavy atom. The van der Waals surface area contributed by atoms with E-state index in [-0.39, 0.29) is 18.0 Å². The smallest absolute Gasteiger partial charge is 0.318 e. The predicted molar refractivity (Wildman–Crippen MR) is 88.9 cm³/mol. The average molecular weight is 331 g/mol. The lowest BCUT2D eigenvalue weighted by Gasteiger charge is -2.33. The Bertz CT molecular complexity index is 770. The van der Waals surface area contributed by atoms with Gasteiger partial charge in [-0.25, -0.2) is 4.79 Å². The lowest BCUT2D eigenvalue weighted by atomic mass is 10.2. The van der Waals surface area contributed by atoms with E-state index in [9.17, 15) is 9.59 Å². The van der Waals surface area contributed by atoms with Gasteiger partial charge >= 0.3 is 6.03 Å². The first-order valence-electron chi connectivity index (χ1n) is 7.92. The molecular formula is C17H21N3O4. The number of fused-ring (bicyclic) bond motifs is 1. The van der Waals surface area contributed by atoms with E-state index in [2.05, 4.69) is 10.6 Å². The standard InChI is InChI=1S/C17H21N3O4/c1-10(19-17(22)20-8-7-18-16(21)11(20)2)14-9-12-5-4-6-13(23-3)15(12)24-14/h4-6,9-11H,7-8H2,1-3H3,(H,18,21)(H,19,22)/t10-,11+/m0/s1. The molecule has 3 rings (SSSR count). The molecule has 0 bridgehead atoms. The van der Waals surface area contributed by atoms with Gasteiger partial charge in [-0.15, -0.1) is 0 Å². The van der Waals surface area contributed by atoms with E-state index in [0.29, 0.717) is 30.2 Å². The van der Waals surface area contributed by atoms with Crippen LogP contribution in [0.1, 0.15) is 25.6 Å². The van der Waals surface area contributed by atoms with Crippen LogP contribution in [0, 0.1) is 0 Å². The van der Waals surface area contributed by atoms with Gasteiger partial charge in [0.2, 0.25) is 5.91 Å². The lowest BCUT2D eigenvalue weighted by Crippen LogP contribution is -2.58. The van der Waals surface area contributed by atoms with Gasteiger partial charge in [-0.1, -0.05) is 12.1 Å². The number of rotatable bonds is 3. The first kappa shape index (κ1) is 16.2. The van der Waals surface area contributed by atoms with Gasteiger partial charge in [0.15, 0.2) is 11.3 Å². The van der Waals surface area contributed by atoms with Crippen LogP contribution in [0.4, 0.5) is 4.79 Å². The van der Waals surface area contributed by atoms with E-state index in [1.807, 2.05) is 31.2 Å². The summed E-state index contributed by atoms with van der Waals surface area (Å²) in [5.41, 5.74) is 0.654. The third-order valence-corrected chi connectivity index (χ3v) is 4.27. The van der Waals surface area contributed by atoms with Crippen LogP contribution in [0.25, 0.3) is 11.0 Å². The van der Waals surface area contributed by atoms with Gasteiger partial charge in [0.25, 0.3) is 0 Å². The van der Waals surface area contributed by atoms with Crippen LogP contribution in [-0.4, -0.2) is 43.1 Å². The molecule has 1 aliphatic heterocycles. The Kier molecular flexibility index (Phi) is 4.33. The van der Waals surface area contributed by atoms with Crippen molar-refractivity contribution in [1.29, 1.82) is 0 Å². The number of urea groups is 1. The first-order valence-corrected chi connectivity index (χ1v) is 7.92. The van der Waals surface area contributed by atoms with Crippen LogP contribution >= 0.6 is 0 Å². The minimum absolute atomic E-state index is 0.141. The molecule has 2 atom stereocenters. The molecule has 1 aromatic carbocycles. The zero-order valence-electron chi connectivity index (χ0n) is 14.0. The van der Waals surface area contributed by atoms with E-state index in [1.54, 1.807) is 14.0 Å². The number of methoxy groups -OCH3 is 1. The number of nitrogens with one attached hydrogen (secondary N) is 2. The number of ether oxygens (including phenoxy) is 1. The molecule has 1 aromatic heterocycles. The van der Waals surface area contributed by atoms with E-state index < -0.39 is 6.04 Å². The molecule has 0 radical (unpaired) electrons. The van der Waals surface area contributed by atoms with Gasteiger partial charge in [0.05, 0.1) is 13.2 Å². The first-order chi connectivity index (χ1) is 11.5. The van der Waals surface area contributed by atoms with Gasteiger partial charge in [-0.3, -0.25) is 4.79 Å². The van der Waals surface area contributed by atoms with Crippen molar-refractivity contribution in [3.63, 3.8) is 0 Å². The number of piperazine rings is 1. The summed E-state index contributed by atoms with van der Waals surface area (Å²) in [6, 6.07) is 6.43. The highest BCUT2D eigenvalue weighted by Crippen LogP contribution is 2.30. The Morgan fingerprint density at radius 1 is 1.50 bits per heavy atom. The Labute approximate surface area is 139 Å². The minimum Gasteiger partial charge on any atom is -0.493 e. The molecule has 7 heteroatoms. The van der Waals surface area contributed by atoms with Crippen LogP contribution in [0.15, 0.2) is 28.7 Å². The van der Waals surface area contributed by atoms with E-state index in [4.69, 9.17) is 9.15 Å². The molecule has 128 valence electrons. The largest absolute Gasteiger partial charge is 0.493 e. The second-order valence-electron chi connectivity index (χ2n) is 5.86. The molecule has 2 aromatic rings. The number of nitrogens with zero attached hydrogens (tertiary/aromatic N) is 1. The van der Waals surface area contributed by atoms with Crippen molar-refractivity contribution in [2.45, 2.75) is 25.9 Å². The minimum atomic E-state index is -0.485. The van der Waals surface area contributed by atoms with Gasteiger partial charge in [-0.2, -0.15) is 0 Å². The second kappa shape index (κ2) is 6.43. The number of benzene rings is 1. The maximum atomic E-state index is 12.4. The van der Waals surface area contributed by atoms with Crippen molar-refractivity contribution in [1.82, 2.24) is 15.5 Å². The summed E-state index contributed by atoms with van der Waals surface area (Å²) in [5, 5.41) is 6.54. The van der Waals surface area contributed by atoms with E-state index in [1.165, 1.54) is 4.90 Å². The summed E-state index contributed by atoms with van der Waals surface area (Å²) in [6.45, 7) is 4.51. The third-order valence-electron chi connectivity index (χ3n) is 4.27. The van der Waals surface area contributed by atoms with Crippen molar-refractivity contribution >= 4 is 22.9 Å². The number of hydrogen-bond acceptors (Lipinski definition) is 4. The fraction of sp³-hybridized carbons (Fsp3) is 0.412. The maximum absolute atomic E-state index is 12.4. The highest BCUT2D eigenvalue weighted by Gasteiger charge is 2.30. The molecule has 7 nitrogen and oxygen atoms in total. The van der Waals surface area contributed by atoms with Gasteiger partial charge in [0.1, 0.15) is 11.8 Å². The predicted octanol–water partition coefficient (Wildman–Crippen LogP) is 2.03. The van der Waals surface area contributed by atoms with Gasteiger partial charge in [0, 0.05) is 18.5 Å². The fourth-order valence-electron chi connectivity index (χ4n) is 2.83. The van der Waals surface area contributed by atoms with Crippen molar-refractivity contribution in [2.75, 3.05) is 20.2 Å². The quantitative estimate of drug-likeness (QED) is 0.901. The molecule has 24 heavy (non-hydrogen) atoms. The summed E-state index contributed by atoms with van der Waals surface area (Å²) in [5.74, 6) is 1.15. The van der Waals surface area contributed by atoms with Crippen LogP contribution < -0.4 is 15.4 Å². The molecule has 2 heterocycles. The maximum Gasteiger partial charge on any atom is 0.318 e. The molecule has 0 unspecified atom stereocenters. The fourth-order valence-corrected chi connectivity index (χ4v) is 2.83. The van der Waals surface area contributed by atoms with Crippen LogP contribution in [0.3, 0.4) is 0 Å². The normalized spacial score (nSPS) is 19.0. The van der Waals surface area contributed by atoms with Gasteiger partial charge < -0.3 is 24.7 Å². The molecular weight excluding hydrogens is 310 g/mol. The number of furan rings is 1. The molecule has 0 saturated carbocycles. The number of para-hydroxylation sites is 1. The van der Waals surface area contributed by atoms with Crippen LogP contribution in [-0.2, 0) is 4.79 Å². The van der Waals surface area contributed by atoms with E-state index in [0.717, 1.165) is 5.39 Å². The van der Waals surface area contributed by atoms with Crippen LogP contribution in [0.2, 0.25) is 0 Å². The number of amides is 3. The zero-order chi connectivity index (χ0) is 17.3. The number of carbonyl (C=O) groups excluding carboxylic acids is 2. The molecule has 0 aliphatic carbocycles. The third kappa shape index (κ3) is 2.89. The summed E-state index contributed by atoms with van der Waals surface area (Å²) >= 11 is 0. The molecule has 0 spiro atoms. The summed E-state index contributed by atoms with van der Waals surface area (Å²) < 4.78 is 11.1. The zero-order valence-corrected chi connectivity index (χ0v) is 14.0. The molecule has 1 fully saturated rings. The Hall–Kier alpha value is -2.70. The topological polar surface area (TPSA) is 83.8 Å². The second-order valence-corrected chi connectivity index (χ2v) is 5.86. The van der Waals surface area contributed by atoms with Crippen molar-refractivity contribution < 1.29 is 18.7 Å². The molecule has 2 N–H and O–H groups in total. The average Bonchev–Trinajstić information content (AvgIpc) is 3.01. The summed E-state index contributed by atoms with van der Waals surface area (Å²) in [6.07, 6.45) is 0. The molecule has 1 saturated heterocycles. The summed E-state index contributed by atoms with van der Waals surface area (Å²) in [7, 11) is 1.59. The van der Waals surface area contributed by atoms with Crippen molar-refractivity contribution in [2.24, 2.45) is 0 Å².